The number of hydrogen-bond acceptors (Lipinski definition) is 6. The molecule has 4 rings (SSSR count). The number of amides is 3. The lowest BCUT2D eigenvalue weighted by molar-refractivity contribution is -0.115. The van der Waals surface area contributed by atoms with E-state index in [9.17, 15) is 14.4 Å². The van der Waals surface area contributed by atoms with Crippen LogP contribution in [0.3, 0.4) is 0 Å². The van der Waals surface area contributed by atoms with Crippen LogP contribution in [0.2, 0.25) is 0 Å². The maximum atomic E-state index is 12.9. The summed E-state index contributed by atoms with van der Waals surface area (Å²) in [5.74, 6) is -0.269. The number of anilines is 2. The quantitative estimate of drug-likeness (QED) is 0.550. The van der Waals surface area contributed by atoms with Crippen molar-refractivity contribution in [3.05, 3.63) is 59.7 Å². The molecular weight excluding hydrogens is 484 g/mol. The second kappa shape index (κ2) is 10.3. The third-order valence-electron chi connectivity index (χ3n) is 6.26. The molecule has 0 atom stereocenters. The van der Waals surface area contributed by atoms with Crippen molar-refractivity contribution in [3.63, 3.8) is 0 Å². The zero-order valence-electron chi connectivity index (χ0n) is 23.1. The minimum Gasteiger partial charge on any atom is -0.444 e. The monoisotopic (exact) mass is 522 g/mol. The molecule has 9 nitrogen and oxygen atoms in total. The Kier molecular flexibility index (Phi) is 7.43. The summed E-state index contributed by atoms with van der Waals surface area (Å²) in [5, 5.41) is 5.56. The van der Waals surface area contributed by atoms with Crippen molar-refractivity contribution >= 4 is 29.5 Å². The number of nitrogens with zero attached hydrogens (tertiary/aromatic N) is 2. The average molecular weight is 523 g/mol. The van der Waals surface area contributed by atoms with E-state index in [1.165, 1.54) is 0 Å². The topological polar surface area (TPSA) is 100 Å². The molecule has 2 aromatic carbocycles. The molecule has 2 saturated heterocycles. The Bertz CT molecular complexity index is 1180. The van der Waals surface area contributed by atoms with Gasteiger partial charge in [-0.05, 0) is 71.4 Å². The average Bonchev–Trinajstić information content (AvgIpc) is 2.73. The van der Waals surface area contributed by atoms with Gasteiger partial charge in [0.15, 0.2) is 0 Å². The van der Waals surface area contributed by atoms with E-state index >= 15 is 0 Å². The second-order valence-corrected chi connectivity index (χ2v) is 12.3. The van der Waals surface area contributed by atoms with Crippen LogP contribution in [0.25, 0.3) is 0 Å². The molecule has 1 spiro atoms. The fraction of sp³-hybridized carbons (Fsp3) is 0.483. The molecule has 2 aliphatic rings. The Hall–Kier alpha value is -3.59. The molecule has 3 amide bonds. The molecule has 2 heterocycles. The standard InChI is InChI=1S/C29H38N4O5/c1-27(2,3)37-25(35)31-23-10-8-7-9-22(23)30-24(34)21-13-11-20(12-14-21)15-32-16-29(17-32)18-33(19-29)26(36)38-28(4,5)6/h7-14H,15-19H2,1-6H3,(H,30,34)(H,31,35). The summed E-state index contributed by atoms with van der Waals surface area (Å²) in [6, 6.07) is 14.5. The fourth-order valence-corrected chi connectivity index (χ4v) is 4.76. The van der Waals surface area contributed by atoms with Gasteiger partial charge in [-0.2, -0.15) is 0 Å². The maximum absolute atomic E-state index is 12.9. The Morgan fingerprint density at radius 2 is 1.34 bits per heavy atom. The Morgan fingerprint density at radius 1 is 0.789 bits per heavy atom. The molecule has 0 aliphatic carbocycles. The van der Waals surface area contributed by atoms with E-state index in [1.807, 2.05) is 32.9 Å². The van der Waals surface area contributed by atoms with E-state index < -0.39 is 17.3 Å². The summed E-state index contributed by atoms with van der Waals surface area (Å²) in [5.41, 5.74) is 1.66. The molecule has 2 fully saturated rings. The van der Waals surface area contributed by atoms with E-state index in [-0.39, 0.29) is 17.4 Å². The molecule has 204 valence electrons. The highest BCUT2D eigenvalue weighted by atomic mass is 16.6. The number of likely N-dealkylation sites (tertiary alicyclic amines) is 2. The van der Waals surface area contributed by atoms with Crippen LogP contribution in [0.5, 0.6) is 0 Å². The van der Waals surface area contributed by atoms with Gasteiger partial charge in [-0.3, -0.25) is 15.0 Å². The van der Waals surface area contributed by atoms with Gasteiger partial charge >= 0.3 is 12.2 Å². The predicted octanol–water partition coefficient (Wildman–Crippen LogP) is 5.34. The number of carbonyl (C=O) groups excluding carboxylic acids is 3. The number of benzene rings is 2. The van der Waals surface area contributed by atoms with Crippen molar-refractivity contribution in [3.8, 4) is 0 Å². The summed E-state index contributed by atoms with van der Waals surface area (Å²) in [7, 11) is 0. The van der Waals surface area contributed by atoms with Crippen molar-refractivity contribution in [1.82, 2.24) is 9.80 Å². The number of carbonyl (C=O) groups is 3. The van der Waals surface area contributed by atoms with Gasteiger partial charge in [-0.25, -0.2) is 9.59 Å². The largest absolute Gasteiger partial charge is 0.444 e. The SMILES string of the molecule is CC(C)(C)OC(=O)Nc1ccccc1NC(=O)c1ccc(CN2CC3(C2)CN(C(=O)OC(C)(C)C)C3)cc1. The van der Waals surface area contributed by atoms with Crippen LogP contribution in [0.1, 0.15) is 57.5 Å². The summed E-state index contributed by atoms with van der Waals surface area (Å²) in [6.07, 6.45) is -0.825. The zero-order chi connectivity index (χ0) is 27.7. The van der Waals surface area contributed by atoms with Gasteiger partial charge in [0.1, 0.15) is 11.2 Å². The molecule has 0 bridgehead atoms. The number of nitrogens with one attached hydrogen (secondary N) is 2. The molecule has 0 radical (unpaired) electrons. The predicted molar refractivity (Wildman–Crippen MR) is 146 cm³/mol. The van der Waals surface area contributed by atoms with Gasteiger partial charge in [0.05, 0.1) is 11.4 Å². The first-order valence-corrected chi connectivity index (χ1v) is 12.9. The van der Waals surface area contributed by atoms with E-state index in [0.717, 1.165) is 38.3 Å². The third-order valence-corrected chi connectivity index (χ3v) is 6.26. The lowest BCUT2D eigenvalue weighted by Gasteiger charge is -2.60. The fourth-order valence-electron chi connectivity index (χ4n) is 4.76. The Morgan fingerprint density at radius 3 is 1.89 bits per heavy atom. The number of hydrogen-bond donors (Lipinski definition) is 2. The van der Waals surface area contributed by atoms with Gasteiger partial charge in [-0.15, -0.1) is 0 Å². The number of ether oxygens (including phenoxy) is 2. The smallest absolute Gasteiger partial charge is 0.412 e. The highest BCUT2D eigenvalue weighted by Crippen LogP contribution is 2.40. The first-order valence-electron chi connectivity index (χ1n) is 12.9. The highest BCUT2D eigenvalue weighted by molar-refractivity contribution is 6.06. The Balaban J connectivity index is 1.26. The first-order chi connectivity index (χ1) is 17.7. The molecule has 0 saturated carbocycles. The molecule has 0 unspecified atom stereocenters. The second-order valence-electron chi connectivity index (χ2n) is 12.3. The van der Waals surface area contributed by atoms with Crippen molar-refractivity contribution in [2.24, 2.45) is 5.41 Å². The van der Waals surface area contributed by atoms with E-state index in [1.54, 1.807) is 62.1 Å². The van der Waals surface area contributed by atoms with Crippen molar-refractivity contribution < 1.29 is 23.9 Å². The van der Waals surface area contributed by atoms with Crippen LogP contribution in [0.4, 0.5) is 21.0 Å². The van der Waals surface area contributed by atoms with Crippen LogP contribution in [-0.4, -0.2) is 65.3 Å². The van der Waals surface area contributed by atoms with Crippen molar-refractivity contribution in [2.45, 2.75) is 59.3 Å². The first kappa shape index (κ1) is 27.4. The van der Waals surface area contributed by atoms with Gasteiger partial charge in [0, 0.05) is 43.7 Å². The van der Waals surface area contributed by atoms with Gasteiger partial charge in [-0.1, -0.05) is 24.3 Å². The zero-order valence-corrected chi connectivity index (χ0v) is 23.1. The van der Waals surface area contributed by atoms with Crippen LogP contribution >= 0.6 is 0 Å². The molecule has 2 N–H and O–H groups in total. The van der Waals surface area contributed by atoms with Crippen LogP contribution in [0.15, 0.2) is 48.5 Å². The normalized spacial score (nSPS) is 16.7. The van der Waals surface area contributed by atoms with Gasteiger partial charge < -0.3 is 19.7 Å². The summed E-state index contributed by atoms with van der Waals surface area (Å²) < 4.78 is 10.8. The van der Waals surface area contributed by atoms with Crippen LogP contribution in [-0.2, 0) is 16.0 Å². The van der Waals surface area contributed by atoms with Gasteiger partial charge in [0.25, 0.3) is 5.91 Å². The number of rotatable bonds is 5. The van der Waals surface area contributed by atoms with Gasteiger partial charge in [0.2, 0.25) is 0 Å². The van der Waals surface area contributed by atoms with E-state index in [0.29, 0.717) is 16.9 Å². The lowest BCUT2D eigenvalue weighted by atomic mass is 9.73. The highest BCUT2D eigenvalue weighted by Gasteiger charge is 2.53. The molecule has 0 aromatic heterocycles. The van der Waals surface area contributed by atoms with Crippen LogP contribution in [0, 0.1) is 5.41 Å². The summed E-state index contributed by atoms with van der Waals surface area (Å²) in [4.78, 5) is 41.4. The maximum Gasteiger partial charge on any atom is 0.412 e. The molecule has 2 aliphatic heterocycles. The summed E-state index contributed by atoms with van der Waals surface area (Å²) in [6.45, 7) is 15.1. The molecule has 2 aromatic rings. The minimum atomic E-state index is -0.626. The third kappa shape index (κ3) is 7.04. The van der Waals surface area contributed by atoms with Crippen molar-refractivity contribution in [2.75, 3.05) is 36.8 Å². The van der Waals surface area contributed by atoms with E-state index in [4.69, 9.17) is 9.47 Å². The minimum absolute atomic E-state index is 0.178. The summed E-state index contributed by atoms with van der Waals surface area (Å²) >= 11 is 0. The Labute approximate surface area is 224 Å². The molecular formula is C29H38N4O5. The molecule has 38 heavy (non-hydrogen) atoms. The van der Waals surface area contributed by atoms with Crippen LogP contribution < -0.4 is 10.6 Å². The lowest BCUT2D eigenvalue weighted by Crippen LogP contribution is -2.72. The van der Waals surface area contributed by atoms with E-state index in [2.05, 4.69) is 15.5 Å². The molecule has 9 heteroatoms. The van der Waals surface area contributed by atoms with Crippen molar-refractivity contribution in [1.29, 1.82) is 0 Å². The number of para-hydroxylation sites is 2.